The summed E-state index contributed by atoms with van der Waals surface area (Å²) in [4.78, 5) is 0. The molecule has 19 heavy (non-hydrogen) atoms. The molecule has 0 saturated heterocycles. The number of aromatic nitrogens is 2. The zero-order valence-corrected chi connectivity index (χ0v) is 11.7. The Kier molecular flexibility index (Phi) is 3.62. The van der Waals surface area contributed by atoms with E-state index in [9.17, 15) is 0 Å². The Labute approximate surface area is 116 Å². The summed E-state index contributed by atoms with van der Waals surface area (Å²) in [6.07, 6.45) is 3.82. The lowest BCUT2D eigenvalue weighted by Crippen LogP contribution is -2.30. The minimum absolute atomic E-state index is 0.401. The van der Waals surface area contributed by atoms with Crippen LogP contribution < -0.4 is 5.32 Å². The molecule has 0 amide bonds. The fraction of sp³-hybridized carbons (Fsp3) is 0.267. The first-order valence-corrected chi connectivity index (χ1v) is 7.37. The molecule has 0 spiro atoms. The monoisotopic (exact) mass is 271 g/mol. The quantitative estimate of drug-likeness (QED) is 0.772. The van der Waals surface area contributed by atoms with E-state index in [1.807, 2.05) is 34.5 Å². The molecular weight excluding hydrogens is 254 g/mol. The van der Waals surface area contributed by atoms with E-state index in [-0.39, 0.29) is 0 Å². The molecule has 0 aliphatic rings. The summed E-state index contributed by atoms with van der Waals surface area (Å²) in [7, 11) is 0. The van der Waals surface area contributed by atoms with Gasteiger partial charge >= 0.3 is 0 Å². The lowest BCUT2D eigenvalue weighted by Gasteiger charge is -2.13. The van der Waals surface area contributed by atoms with Gasteiger partial charge in [0.05, 0.1) is 6.54 Å². The molecule has 1 aromatic carbocycles. The molecule has 3 nitrogen and oxygen atoms in total. The zero-order valence-electron chi connectivity index (χ0n) is 10.9. The highest BCUT2D eigenvalue weighted by Gasteiger charge is 2.06. The van der Waals surface area contributed by atoms with E-state index < -0.39 is 0 Å². The second-order valence-corrected chi connectivity index (χ2v) is 5.68. The van der Waals surface area contributed by atoms with Gasteiger partial charge in [0, 0.05) is 29.7 Å². The van der Waals surface area contributed by atoms with Crippen molar-refractivity contribution >= 4 is 21.4 Å². The van der Waals surface area contributed by atoms with Gasteiger partial charge in [0.25, 0.3) is 0 Å². The van der Waals surface area contributed by atoms with Crippen LogP contribution in [0.4, 0.5) is 0 Å². The molecule has 0 aliphatic heterocycles. The van der Waals surface area contributed by atoms with Crippen molar-refractivity contribution in [1.29, 1.82) is 0 Å². The number of hydrogen-bond donors (Lipinski definition) is 1. The van der Waals surface area contributed by atoms with Crippen molar-refractivity contribution in [3.8, 4) is 0 Å². The second kappa shape index (κ2) is 5.55. The number of benzene rings is 1. The normalized spacial score (nSPS) is 12.9. The van der Waals surface area contributed by atoms with E-state index in [0.717, 1.165) is 13.1 Å². The third-order valence-corrected chi connectivity index (χ3v) is 4.23. The Balaban J connectivity index is 1.62. The molecule has 2 heterocycles. The first kappa shape index (κ1) is 12.4. The summed E-state index contributed by atoms with van der Waals surface area (Å²) in [6, 6.07) is 10.9. The Morgan fingerprint density at radius 2 is 2.21 bits per heavy atom. The van der Waals surface area contributed by atoms with Crippen LogP contribution in [0.5, 0.6) is 0 Å². The number of fused-ring (bicyclic) bond motifs is 1. The number of rotatable bonds is 5. The van der Waals surface area contributed by atoms with Gasteiger partial charge in [0.2, 0.25) is 0 Å². The molecule has 2 aromatic heterocycles. The van der Waals surface area contributed by atoms with Crippen LogP contribution in [0.1, 0.15) is 12.5 Å². The fourth-order valence-electron chi connectivity index (χ4n) is 2.21. The predicted molar refractivity (Wildman–Crippen MR) is 80.4 cm³/mol. The molecule has 4 heteroatoms. The summed E-state index contributed by atoms with van der Waals surface area (Å²) < 4.78 is 3.32. The molecule has 0 fully saturated rings. The molecule has 0 bridgehead atoms. The van der Waals surface area contributed by atoms with Gasteiger partial charge in [0.15, 0.2) is 0 Å². The van der Waals surface area contributed by atoms with Crippen LogP contribution >= 0.6 is 11.3 Å². The van der Waals surface area contributed by atoms with Gasteiger partial charge in [-0.15, -0.1) is 11.3 Å². The van der Waals surface area contributed by atoms with Gasteiger partial charge in [-0.2, -0.15) is 5.10 Å². The van der Waals surface area contributed by atoms with Gasteiger partial charge in [-0.25, -0.2) is 0 Å². The SMILES string of the molecule is CC(Cn1cccn1)NCc1csc2ccccc12. The standard InChI is InChI=1S/C15H17N3S/c1-12(10-18-8-4-7-17-18)16-9-13-11-19-15-6-3-2-5-14(13)15/h2-8,11-12,16H,9-10H2,1H3. The Morgan fingerprint density at radius 1 is 1.32 bits per heavy atom. The maximum atomic E-state index is 4.23. The Hall–Kier alpha value is -1.65. The molecule has 0 aliphatic carbocycles. The zero-order chi connectivity index (χ0) is 13.1. The summed E-state index contributed by atoms with van der Waals surface area (Å²) >= 11 is 1.81. The van der Waals surface area contributed by atoms with Crippen molar-refractivity contribution in [3.05, 3.63) is 53.7 Å². The number of nitrogens with zero attached hydrogens (tertiary/aromatic N) is 2. The van der Waals surface area contributed by atoms with Crippen molar-refractivity contribution < 1.29 is 0 Å². The van der Waals surface area contributed by atoms with Gasteiger partial charge in [-0.3, -0.25) is 4.68 Å². The Morgan fingerprint density at radius 3 is 3.05 bits per heavy atom. The largest absolute Gasteiger partial charge is 0.308 e. The Bertz CT molecular complexity index is 642. The summed E-state index contributed by atoms with van der Waals surface area (Å²) in [5, 5.41) is 11.4. The molecule has 0 radical (unpaired) electrons. The maximum Gasteiger partial charge on any atom is 0.0560 e. The van der Waals surface area contributed by atoms with E-state index in [4.69, 9.17) is 0 Å². The van der Waals surface area contributed by atoms with E-state index >= 15 is 0 Å². The predicted octanol–water partition coefficient (Wildman–Crippen LogP) is 3.28. The molecule has 1 N–H and O–H groups in total. The number of hydrogen-bond acceptors (Lipinski definition) is 3. The number of nitrogens with one attached hydrogen (secondary N) is 1. The van der Waals surface area contributed by atoms with Crippen LogP contribution in [0.15, 0.2) is 48.1 Å². The second-order valence-electron chi connectivity index (χ2n) is 4.77. The number of thiophene rings is 1. The van der Waals surface area contributed by atoms with Gasteiger partial charge < -0.3 is 5.32 Å². The fourth-order valence-corrected chi connectivity index (χ4v) is 3.17. The van der Waals surface area contributed by atoms with E-state index in [0.29, 0.717) is 6.04 Å². The van der Waals surface area contributed by atoms with E-state index in [2.05, 4.69) is 47.0 Å². The minimum atomic E-state index is 0.401. The first-order chi connectivity index (χ1) is 9.33. The van der Waals surface area contributed by atoms with Crippen LogP contribution in [0.25, 0.3) is 10.1 Å². The van der Waals surface area contributed by atoms with Gasteiger partial charge in [-0.05, 0) is 35.4 Å². The maximum absolute atomic E-state index is 4.23. The van der Waals surface area contributed by atoms with Crippen molar-refractivity contribution in [2.45, 2.75) is 26.1 Å². The van der Waals surface area contributed by atoms with E-state index in [1.165, 1.54) is 15.6 Å². The van der Waals surface area contributed by atoms with Crippen LogP contribution in [-0.2, 0) is 13.1 Å². The topological polar surface area (TPSA) is 29.9 Å². The third kappa shape index (κ3) is 2.85. The van der Waals surface area contributed by atoms with Crippen molar-refractivity contribution in [1.82, 2.24) is 15.1 Å². The molecule has 1 atom stereocenters. The van der Waals surface area contributed by atoms with Crippen LogP contribution in [0, 0.1) is 0 Å². The first-order valence-electron chi connectivity index (χ1n) is 6.49. The highest BCUT2D eigenvalue weighted by molar-refractivity contribution is 7.17. The molecule has 1 unspecified atom stereocenters. The molecular formula is C15H17N3S. The van der Waals surface area contributed by atoms with Crippen molar-refractivity contribution in [2.75, 3.05) is 0 Å². The lowest BCUT2D eigenvalue weighted by molar-refractivity contribution is 0.451. The summed E-state index contributed by atoms with van der Waals surface area (Å²) in [6.45, 7) is 4.00. The highest BCUT2D eigenvalue weighted by atomic mass is 32.1. The average molecular weight is 271 g/mol. The van der Waals surface area contributed by atoms with Crippen LogP contribution in [0.3, 0.4) is 0 Å². The minimum Gasteiger partial charge on any atom is -0.308 e. The van der Waals surface area contributed by atoms with Crippen LogP contribution in [-0.4, -0.2) is 15.8 Å². The van der Waals surface area contributed by atoms with E-state index in [1.54, 1.807) is 0 Å². The van der Waals surface area contributed by atoms with Crippen molar-refractivity contribution in [2.24, 2.45) is 0 Å². The molecule has 3 aromatic rings. The smallest absolute Gasteiger partial charge is 0.0560 e. The lowest BCUT2D eigenvalue weighted by atomic mass is 10.1. The van der Waals surface area contributed by atoms with Crippen molar-refractivity contribution in [3.63, 3.8) is 0 Å². The van der Waals surface area contributed by atoms with Gasteiger partial charge in [-0.1, -0.05) is 18.2 Å². The molecule has 98 valence electrons. The average Bonchev–Trinajstić information content (AvgIpc) is 3.05. The summed E-state index contributed by atoms with van der Waals surface area (Å²) in [5.41, 5.74) is 1.38. The molecule has 0 saturated carbocycles. The molecule has 3 rings (SSSR count). The van der Waals surface area contributed by atoms with Crippen LogP contribution in [0.2, 0.25) is 0 Å². The highest BCUT2D eigenvalue weighted by Crippen LogP contribution is 2.25. The summed E-state index contributed by atoms with van der Waals surface area (Å²) in [5.74, 6) is 0. The van der Waals surface area contributed by atoms with Gasteiger partial charge in [0.1, 0.15) is 0 Å². The third-order valence-electron chi connectivity index (χ3n) is 3.22.